The highest BCUT2D eigenvalue weighted by Crippen LogP contribution is 2.05. The molecule has 0 radical (unpaired) electrons. The number of benzene rings is 1. The van der Waals surface area contributed by atoms with E-state index in [2.05, 4.69) is 33.1 Å². The Bertz CT molecular complexity index is 769. The fourth-order valence-corrected chi connectivity index (χ4v) is 2.84. The van der Waals surface area contributed by atoms with Crippen molar-refractivity contribution in [3.63, 3.8) is 0 Å². The van der Waals surface area contributed by atoms with Gasteiger partial charge in [0.05, 0.1) is 5.56 Å². The van der Waals surface area contributed by atoms with E-state index in [1.54, 1.807) is 12.1 Å². The molecule has 168 valence electrons. The summed E-state index contributed by atoms with van der Waals surface area (Å²) >= 11 is 0. The molecule has 1 aromatic heterocycles. The van der Waals surface area contributed by atoms with Gasteiger partial charge in [-0.15, -0.1) is 0 Å². The highest BCUT2D eigenvalue weighted by atomic mass is 16.5. The van der Waals surface area contributed by atoms with E-state index >= 15 is 0 Å². The van der Waals surface area contributed by atoms with Gasteiger partial charge in [-0.2, -0.15) is 0 Å². The number of amides is 2. The average molecular weight is 428 g/mol. The van der Waals surface area contributed by atoms with Crippen molar-refractivity contribution in [2.24, 2.45) is 0 Å². The Morgan fingerprint density at radius 3 is 2.29 bits per heavy atom. The molecular formula is C23H33N5O3. The maximum atomic E-state index is 12.2. The summed E-state index contributed by atoms with van der Waals surface area (Å²) in [5, 5.41) is 2.80. The van der Waals surface area contributed by atoms with Crippen LogP contribution in [-0.2, 0) is 11.3 Å². The summed E-state index contributed by atoms with van der Waals surface area (Å²) in [6.45, 7) is 4.93. The largest absolute Gasteiger partial charge is 0.381 e. The van der Waals surface area contributed by atoms with Gasteiger partial charge < -0.3 is 10.1 Å². The molecule has 0 atom stereocenters. The van der Waals surface area contributed by atoms with Crippen molar-refractivity contribution in [3.8, 4) is 0 Å². The molecule has 1 aromatic carbocycles. The van der Waals surface area contributed by atoms with Gasteiger partial charge in [0.15, 0.2) is 0 Å². The third kappa shape index (κ3) is 10.1. The molecule has 0 saturated heterocycles. The third-order valence-electron chi connectivity index (χ3n) is 4.68. The second-order valence-corrected chi connectivity index (χ2v) is 7.27. The highest BCUT2D eigenvalue weighted by molar-refractivity contribution is 5.94. The number of carbonyl (C=O) groups excluding carboxylic acids is 2. The van der Waals surface area contributed by atoms with Crippen LogP contribution in [0.4, 0.5) is 0 Å². The zero-order valence-corrected chi connectivity index (χ0v) is 18.2. The van der Waals surface area contributed by atoms with Gasteiger partial charge in [0.25, 0.3) is 11.8 Å². The van der Waals surface area contributed by atoms with E-state index in [9.17, 15) is 9.59 Å². The first-order valence-corrected chi connectivity index (χ1v) is 10.9. The van der Waals surface area contributed by atoms with Crippen LogP contribution in [0.5, 0.6) is 0 Å². The molecule has 0 spiro atoms. The fourth-order valence-electron chi connectivity index (χ4n) is 2.84. The van der Waals surface area contributed by atoms with Crippen molar-refractivity contribution in [2.45, 2.75) is 52.0 Å². The third-order valence-corrected chi connectivity index (χ3v) is 4.68. The van der Waals surface area contributed by atoms with E-state index in [4.69, 9.17) is 4.74 Å². The van der Waals surface area contributed by atoms with Crippen molar-refractivity contribution in [1.29, 1.82) is 0 Å². The van der Waals surface area contributed by atoms with Crippen LogP contribution in [0.3, 0.4) is 0 Å². The quantitative estimate of drug-likeness (QED) is 0.298. The minimum Gasteiger partial charge on any atom is -0.381 e. The maximum absolute atomic E-state index is 12.2. The lowest BCUT2D eigenvalue weighted by Gasteiger charge is -2.09. The van der Waals surface area contributed by atoms with Crippen molar-refractivity contribution in [1.82, 2.24) is 26.1 Å². The highest BCUT2D eigenvalue weighted by Gasteiger charge is 2.07. The normalized spacial score (nSPS) is 10.6. The van der Waals surface area contributed by atoms with Gasteiger partial charge in [0.1, 0.15) is 6.33 Å². The smallest absolute Gasteiger partial charge is 0.265 e. The molecule has 0 saturated carbocycles. The van der Waals surface area contributed by atoms with Gasteiger partial charge in [0, 0.05) is 44.3 Å². The lowest BCUT2D eigenvalue weighted by Crippen LogP contribution is -2.37. The van der Waals surface area contributed by atoms with Crippen molar-refractivity contribution in [3.05, 3.63) is 59.7 Å². The number of hydrazine groups is 1. The summed E-state index contributed by atoms with van der Waals surface area (Å²) < 4.78 is 5.58. The molecule has 0 aliphatic carbocycles. The monoisotopic (exact) mass is 427 g/mol. The van der Waals surface area contributed by atoms with E-state index < -0.39 is 0 Å². The summed E-state index contributed by atoms with van der Waals surface area (Å²) in [4.78, 5) is 31.8. The number of rotatable bonds is 15. The van der Waals surface area contributed by atoms with Crippen LogP contribution in [0.2, 0.25) is 0 Å². The van der Waals surface area contributed by atoms with E-state index in [0.29, 0.717) is 17.7 Å². The number of hydrogen-bond acceptors (Lipinski definition) is 6. The first kappa shape index (κ1) is 24.4. The Morgan fingerprint density at radius 1 is 0.871 bits per heavy atom. The zero-order chi connectivity index (χ0) is 22.2. The molecule has 0 aliphatic rings. The average Bonchev–Trinajstić information content (AvgIpc) is 2.81. The number of ether oxygens (including phenoxy) is 1. The standard InChI is InChI=1S/C23H33N5O3/c1-2-3-6-13-31-14-7-4-5-12-27-28-23(30)20-10-8-19(9-11-20)15-26-22(29)21-16-24-18-25-17-21/h8-11,16-18,27H,2-7,12-15H2,1H3,(H,26,29)(H,28,30). The minimum atomic E-state index is -0.241. The van der Waals surface area contributed by atoms with Crippen LogP contribution < -0.4 is 16.2 Å². The molecular weight excluding hydrogens is 394 g/mol. The number of nitrogens with one attached hydrogen (secondary N) is 3. The number of hydrogen-bond donors (Lipinski definition) is 3. The molecule has 0 bridgehead atoms. The summed E-state index contributed by atoms with van der Waals surface area (Å²) in [6.07, 6.45) is 11.0. The van der Waals surface area contributed by atoms with Crippen molar-refractivity contribution in [2.75, 3.05) is 19.8 Å². The molecule has 1 heterocycles. The molecule has 0 unspecified atom stereocenters. The first-order valence-electron chi connectivity index (χ1n) is 10.9. The molecule has 0 aliphatic heterocycles. The predicted molar refractivity (Wildman–Crippen MR) is 119 cm³/mol. The van der Waals surface area contributed by atoms with Crippen molar-refractivity contribution < 1.29 is 14.3 Å². The number of aromatic nitrogens is 2. The van der Waals surface area contributed by atoms with Crippen LogP contribution in [0, 0.1) is 0 Å². The molecule has 2 rings (SSSR count). The predicted octanol–water partition coefficient (Wildman–Crippen LogP) is 3.02. The first-order chi connectivity index (χ1) is 15.2. The second-order valence-electron chi connectivity index (χ2n) is 7.27. The van der Waals surface area contributed by atoms with E-state index in [1.807, 2.05) is 12.1 Å². The molecule has 31 heavy (non-hydrogen) atoms. The summed E-state index contributed by atoms with van der Waals surface area (Å²) in [6, 6.07) is 7.11. The van der Waals surface area contributed by atoms with Gasteiger partial charge in [-0.25, -0.2) is 15.4 Å². The van der Waals surface area contributed by atoms with Gasteiger partial charge in [-0.1, -0.05) is 31.9 Å². The summed E-state index contributed by atoms with van der Waals surface area (Å²) in [5.74, 6) is -0.425. The van der Waals surface area contributed by atoms with Gasteiger partial charge in [-0.3, -0.25) is 15.0 Å². The van der Waals surface area contributed by atoms with Crippen LogP contribution in [0.15, 0.2) is 43.0 Å². The van der Waals surface area contributed by atoms with Crippen LogP contribution in [0.25, 0.3) is 0 Å². The number of nitrogens with zero attached hydrogens (tertiary/aromatic N) is 2. The number of carbonyl (C=O) groups is 2. The van der Waals surface area contributed by atoms with Gasteiger partial charge in [-0.05, 0) is 43.4 Å². The lowest BCUT2D eigenvalue weighted by atomic mass is 10.1. The van der Waals surface area contributed by atoms with Crippen molar-refractivity contribution >= 4 is 11.8 Å². The Hall–Kier alpha value is -2.84. The Labute approximate surface area is 184 Å². The zero-order valence-electron chi connectivity index (χ0n) is 18.2. The Morgan fingerprint density at radius 2 is 1.58 bits per heavy atom. The van der Waals surface area contributed by atoms with E-state index in [1.165, 1.54) is 31.6 Å². The maximum Gasteiger partial charge on any atom is 0.265 e. The SMILES string of the molecule is CCCCCOCCCCCNNC(=O)c1ccc(CNC(=O)c2cncnc2)cc1. The topological polar surface area (TPSA) is 105 Å². The number of unbranched alkanes of at least 4 members (excludes halogenated alkanes) is 4. The Kier molecular flexibility index (Phi) is 11.8. The van der Waals surface area contributed by atoms with Crippen LogP contribution in [-0.4, -0.2) is 41.5 Å². The lowest BCUT2D eigenvalue weighted by molar-refractivity contribution is 0.0928. The van der Waals surface area contributed by atoms with E-state index in [-0.39, 0.29) is 11.8 Å². The van der Waals surface area contributed by atoms with Gasteiger partial charge >= 0.3 is 0 Å². The van der Waals surface area contributed by atoms with Crippen LogP contribution >= 0.6 is 0 Å². The molecule has 2 aromatic rings. The fraction of sp³-hybridized carbons (Fsp3) is 0.478. The Balaban J connectivity index is 1.56. The van der Waals surface area contributed by atoms with Gasteiger partial charge in [0.2, 0.25) is 0 Å². The molecule has 8 heteroatoms. The summed E-state index contributed by atoms with van der Waals surface area (Å²) in [7, 11) is 0. The second kappa shape index (κ2) is 15.0. The molecule has 8 nitrogen and oxygen atoms in total. The van der Waals surface area contributed by atoms with Crippen LogP contribution in [0.1, 0.15) is 71.7 Å². The minimum absolute atomic E-state index is 0.184. The van der Waals surface area contributed by atoms with E-state index in [0.717, 1.165) is 51.0 Å². The molecule has 0 fully saturated rings. The molecule has 2 amide bonds. The summed E-state index contributed by atoms with van der Waals surface area (Å²) in [5.41, 5.74) is 7.53. The molecule has 3 N–H and O–H groups in total.